The number of aromatic nitrogens is 2. The second-order valence-electron chi connectivity index (χ2n) is 7.41. The maximum atomic E-state index is 4.52. The van der Waals surface area contributed by atoms with Gasteiger partial charge in [0.05, 0.1) is 16.6 Å². The van der Waals surface area contributed by atoms with Crippen LogP contribution in [0.25, 0.3) is 11.0 Å². The molecule has 104 valence electrons. The van der Waals surface area contributed by atoms with E-state index in [1.807, 2.05) is 6.33 Å². The van der Waals surface area contributed by atoms with Gasteiger partial charge in [-0.2, -0.15) is 0 Å². The number of imidazole rings is 1. The van der Waals surface area contributed by atoms with E-state index in [0.29, 0.717) is 5.54 Å². The Balaban J connectivity index is 1.52. The van der Waals surface area contributed by atoms with Crippen LogP contribution >= 0.6 is 0 Å². The lowest BCUT2D eigenvalue weighted by atomic mass is 9.53. The number of benzene rings is 1. The zero-order chi connectivity index (χ0) is 13.2. The molecule has 2 aromatic rings. The molecular weight excluding hydrogens is 246 g/mol. The quantitative estimate of drug-likeness (QED) is 0.901. The maximum Gasteiger partial charge on any atom is 0.115 e. The molecule has 0 spiro atoms. The van der Waals surface area contributed by atoms with Crippen LogP contribution in [0.4, 0.5) is 0 Å². The molecule has 1 aromatic carbocycles. The summed E-state index contributed by atoms with van der Waals surface area (Å²) in [6, 6.07) is 8.41. The molecule has 3 heteroatoms. The van der Waals surface area contributed by atoms with Gasteiger partial charge < -0.3 is 5.43 Å². The molecule has 0 amide bonds. The molecule has 20 heavy (non-hydrogen) atoms. The summed E-state index contributed by atoms with van der Waals surface area (Å²) in [5.41, 5.74) is 6.51. The maximum absolute atomic E-state index is 4.52. The van der Waals surface area contributed by atoms with Crippen molar-refractivity contribution < 1.29 is 0 Å². The summed E-state index contributed by atoms with van der Waals surface area (Å²) in [6.45, 7) is 0. The zero-order valence-corrected chi connectivity index (χ0v) is 11.8. The van der Waals surface area contributed by atoms with Gasteiger partial charge in [0.25, 0.3) is 0 Å². The summed E-state index contributed by atoms with van der Waals surface area (Å²) < 4.78 is 2.18. The fourth-order valence-corrected chi connectivity index (χ4v) is 5.55. The van der Waals surface area contributed by atoms with Gasteiger partial charge in [-0.1, -0.05) is 12.1 Å². The summed E-state index contributed by atoms with van der Waals surface area (Å²) in [7, 11) is 0. The topological polar surface area (TPSA) is 29.9 Å². The first kappa shape index (κ1) is 11.2. The van der Waals surface area contributed by atoms with Gasteiger partial charge in [-0.15, -0.1) is 0 Å². The fourth-order valence-electron chi connectivity index (χ4n) is 5.55. The van der Waals surface area contributed by atoms with Crippen molar-refractivity contribution in [2.24, 2.45) is 17.8 Å². The van der Waals surface area contributed by atoms with Crippen LogP contribution < -0.4 is 5.43 Å². The third-order valence-corrected chi connectivity index (χ3v) is 5.85. The summed E-state index contributed by atoms with van der Waals surface area (Å²) in [5, 5.41) is 0. The predicted octanol–water partition coefficient (Wildman–Crippen LogP) is 3.55. The molecule has 0 saturated heterocycles. The van der Waals surface area contributed by atoms with Gasteiger partial charge in [0.15, 0.2) is 0 Å². The molecule has 1 heterocycles. The van der Waals surface area contributed by atoms with E-state index >= 15 is 0 Å². The van der Waals surface area contributed by atoms with Crippen LogP contribution in [0.5, 0.6) is 0 Å². The Labute approximate surface area is 119 Å². The third kappa shape index (κ3) is 1.55. The number of nitrogens with one attached hydrogen (secondary N) is 1. The molecule has 0 aliphatic heterocycles. The lowest BCUT2D eigenvalue weighted by molar-refractivity contribution is 0.00507. The number of fused-ring (bicyclic) bond motifs is 1. The predicted molar refractivity (Wildman–Crippen MR) is 80.0 cm³/mol. The van der Waals surface area contributed by atoms with Crippen molar-refractivity contribution in [3.63, 3.8) is 0 Å². The van der Waals surface area contributed by atoms with E-state index in [4.69, 9.17) is 0 Å². The van der Waals surface area contributed by atoms with Gasteiger partial charge in [-0.05, 0) is 68.4 Å². The van der Waals surface area contributed by atoms with Crippen LogP contribution in [0.1, 0.15) is 38.5 Å². The second kappa shape index (κ2) is 3.78. The molecule has 4 aliphatic carbocycles. The summed E-state index contributed by atoms with van der Waals surface area (Å²) in [4.78, 5) is 4.52. The number of hydrogen-bond donors (Lipinski definition) is 1. The SMILES string of the molecule is c1ccc2c(c1)ncn2NC12CC3CC(CC(C3)C1)C2. The van der Waals surface area contributed by atoms with E-state index in [0.717, 1.165) is 23.3 Å². The lowest BCUT2D eigenvalue weighted by Crippen LogP contribution is -2.56. The van der Waals surface area contributed by atoms with Crippen molar-refractivity contribution >= 4 is 11.0 Å². The molecule has 1 aromatic heterocycles. The molecule has 4 saturated carbocycles. The highest BCUT2D eigenvalue weighted by Crippen LogP contribution is 2.56. The molecule has 4 bridgehead atoms. The van der Waals surface area contributed by atoms with Crippen LogP contribution in [0, 0.1) is 17.8 Å². The molecule has 0 unspecified atom stereocenters. The van der Waals surface area contributed by atoms with Crippen molar-refractivity contribution in [2.45, 2.75) is 44.1 Å². The highest BCUT2D eigenvalue weighted by atomic mass is 15.5. The first-order valence-corrected chi connectivity index (χ1v) is 8.00. The largest absolute Gasteiger partial charge is 0.318 e. The summed E-state index contributed by atoms with van der Waals surface area (Å²) in [5.74, 6) is 2.93. The van der Waals surface area contributed by atoms with E-state index in [1.165, 1.54) is 44.0 Å². The van der Waals surface area contributed by atoms with Crippen LogP contribution in [0.2, 0.25) is 0 Å². The van der Waals surface area contributed by atoms with Gasteiger partial charge in [0.1, 0.15) is 6.33 Å². The minimum absolute atomic E-state index is 0.345. The summed E-state index contributed by atoms with van der Waals surface area (Å²) >= 11 is 0. The van der Waals surface area contributed by atoms with Gasteiger partial charge in [0.2, 0.25) is 0 Å². The zero-order valence-electron chi connectivity index (χ0n) is 11.8. The fraction of sp³-hybridized carbons (Fsp3) is 0.588. The first-order valence-electron chi connectivity index (χ1n) is 8.00. The van der Waals surface area contributed by atoms with E-state index in [9.17, 15) is 0 Å². The van der Waals surface area contributed by atoms with Gasteiger partial charge in [-0.25, -0.2) is 9.66 Å². The first-order chi connectivity index (χ1) is 9.80. The molecule has 0 atom stereocenters. The van der Waals surface area contributed by atoms with Crippen molar-refractivity contribution in [3.8, 4) is 0 Å². The van der Waals surface area contributed by atoms with E-state index in [1.54, 1.807) is 0 Å². The van der Waals surface area contributed by atoms with Crippen LogP contribution in [0.15, 0.2) is 30.6 Å². The second-order valence-corrected chi connectivity index (χ2v) is 7.41. The normalized spacial score (nSPS) is 38.5. The van der Waals surface area contributed by atoms with Crippen molar-refractivity contribution in [1.29, 1.82) is 0 Å². The molecule has 4 aliphatic rings. The van der Waals surface area contributed by atoms with Crippen LogP contribution in [-0.4, -0.2) is 15.2 Å². The highest BCUT2D eigenvalue weighted by Gasteiger charge is 2.51. The molecule has 4 fully saturated rings. The lowest BCUT2D eigenvalue weighted by Gasteiger charge is -2.57. The molecule has 6 rings (SSSR count). The van der Waals surface area contributed by atoms with Gasteiger partial charge >= 0.3 is 0 Å². The van der Waals surface area contributed by atoms with E-state index < -0.39 is 0 Å². The molecule has 3 nitrogen and oxygen atoms in total. The van der Waals surface area contributed by atoms with Crippen molar-refractivity contribution in [3.05, 3.63) is 30.6 Å². The average molecular weight is 267 g/mol. The Kier molecular flexibility index (Phi) is 2.11. The van der Waals surface area contributed by atoms with Crippen LogP contribution in [-0.2, 0) is 0 Å². The van der Waals surface area contributed by atoms with Gasteiger partial charge in [0, 0.05) is 0 Å². The number of para-hydroxylation sites is 2. The molecule has 1 N–H and O–H groups in total. The number of hydrogen-bond acceptors (Lipinski definition) is 2. The Bertz CT molecular complexity index is 622. The highest BCUT2D eigenvalue weighted by molar-refractivity contribution is 5.75. The van der Waals surface area contributed by atoms with Crippen LogP contribution in [0.3, 0.4) is 0 Å². The third-order valence-electron chi connectivity index (χ3n) is 5.85. The van der Waals surface area contributed by atoms with E-state index in [-0.39, 0.29) is 0 Å². The monoisotopic (exact) mass is 267 g/mol. The van der Waals surface area contributed by atoms with E-state index in [2.05, 4.69) is 39.4 Å². The number of nitrogens with zero attached hydrogens (tertiary/aromatic N) is 2. The molecular formula is C17H21N3. The number of rotatable bonds is 2. The van der Waals surface area contributed by atoms with Crippen molar-refractivity contribution in [2.75, 3.05) is 5.43 Å². The Morgan fingerprint density at radius 2 is 1.65 bits per heavy atom. The van der Waals surface area contributed by atoms with Gasteiger partial charge in [-0.3, -0.25) is 0 Å². The Morgan fingerprint density at radius 3 is 2.35 bits per heavy atom. The van der Waals surface area contributed by atoms with Crippen molar-refractivity contribution in [1.82, 2.24) is 9.66 Å². The minimum Gasteiger partial charge on any atom is -0.318 e. The minimum atomic E-state index is 0.345. The summed E-state index contributed by atoms with van der Waals surface area (Å²) in [6.07, 6.45) is 10.5. The Morgan fingerprint density at radius 1 is 1.00 bits per heavy atom. The average Bonchev–Trinajstić information content (AvgIpc) is 2.80. The standard InChI is InChI=1S/C17H21N3/c1-2-4-16-15(3-1)18-11-20(16)19-17-8-12-5-13(9-17)7-14(6-12)10-17/h1-4,11-14,19H,5-10H2. The molecule has 0 radical (unpaired) electrons. The Hall–Kier alpha value is -1.51. The smallest absolute Gasteiger partial charge is 0.115 e.